The van der Waals surface area contributed by atoms with Gasteiger partial charge in [0.1, 0.15) is 17.9 Å². The Bertz CT molecular complexity index is 589. The highest BCUT2D eigenvalue weighted by molar-refractivity contribution is 5.88. The van der Waals surface area contributed by atoms with Crippen molar-refractivity contribution in [3.05, 3.63) is 24.5 Å². The quantitative estimate of drug-likeness (QED) is 0.880. The molecular formula is C18H26N4O3. The van der Waals surface area contributed by atoms with E-state index in [2.05, 4.69) is 10.3 Å². The molecule has 3 heterocycles. The molecule has 136 valence electrons. The molecule has 0 aromatic carbocycles. The van der Waals surface area contributed by atoms with Gasteiger partial charge in [0.25, 0.3) is 0 Å². The molecule has 0 unspecified atom stereocenters. The number of likely N-dealkylation sites (tertiary alicyclic amines) is 2. The molecule has 0 radical (unpaired) electrons. The predicted octanol–water partition coefficient (Wildman–Crippen LogP) is 1.65. The monoisotopic (exact) mass is 346 g/mol. The number of rotatable bonds is 5. The van der Waals surface area contributed by atoms with Crippen LogP contribution < -0.4 is 10.1 Å². The van der Waals surface area contributed by atoms with E-state index < -0.39 is 6.04 Å². The minimum atomic E-state index is -0.448. The first kappa shape index (κ1) is 17.5. The Morgan fingerprint density at radius 1 is 1.36 bits per heavy atom. The zero-order valence-electron chi connectivity index (χ0n) is 14.7. The van der Waals surface area contributed by atoms with Crippen molar-refractivity contribution < 1.29 is 14.3 Å². The number of carbonyl (C=O) groups excluding carboxylic acids is 2. The molecule has 0 saturated carbocycles. The van der Waals surface area contributed by atoms with E-state index >= 15 is 0 Å². The SMILES string of the molecule is CCCNC(=O)N1C[C@@H](Oc2cccnc2)C[C@H]1C(=O)N1CCCC1. The number of amides is 3. The van der Waals surface area contributed by atoms with Crippen LogP contribution in [0.4, 0.5) is 4.79 Å². The van der Waals surface area contributed by atoms with Gasteiger partial charge in [0.2, 0.25) is 5.91 Å². The summed E-state index contributed by atoms with van der Waals surface area (Å²) in [5.41, 5.74) is 0. The molecule has 0 bridgehead atoms. The lowest BCUT2D eigenvalue weighted by Gasteiger charge is -2.27. The van der Waals surface area contributed by atoms with Crippen LogP contribution in [-0.4, -0.2) is 65.0 Å². The number of ether oxygens (including phenoxy) is 1. The Morgan fingerprint density at radius 2 is 2.16 bits per heavy atom. The largest absolute Gasteiger partial charge is 0.487 e. The van der Waals surface area contributed by atoms with Crippen LogP contribution in [0.2, 0.25) is 0 Å². The summed E-state index contributed by atoms with van der Waals surface area (Å²) in [4.78, 5) is 32.9. The summed E-state index contributed by atoms with van der Waals surface area (Å²) in [5.74, 6) is 0.706. The lowest BCUT2D eigenvalue weighted by atomic mass is 10.1. The number of nitrogens with one attached hydrogen (secondary N) is 1. The number of nitrogens with zero attached hydrogens (tertiary/aromatic N) is 3. The minimum absolute atomic E-state index is 0.0430. The molecular weight excluding hydrogens is 320 g/mol. The number of hydrogen-bond acceptors (Lipinski definition) is 4. The summed E-state index contributed by atoms with van der Waals surface area (Å²) in [5, 5.41) is 2.88. The van der Waals surface area contributed by atoms with E-state index in [1.54, 1.807) is 17.3 Å². The maximum absolute atomic E-state index is 12.9. The maximum atomic E-state index is 12.9. The molecule has 7 nitrogen and oxygen atoms in total. The molecule has 3 rings (SSSR count). The fraction of sp³-hybridized carbons (Fsp3) is 0.611. The van der Waals surface area contributed by atoms with Gasteiger partial charge in [0, 0.05) is 32.3 Å². The summed E-state index contributed by atoms with van der Waals surface area (Å²) >= 11 is 0. The number of carbonyl (C=O) groups is 2. The van der Waals surface area contributed by atoms with Crippen LogP contribution in [0, 0.1) is 0 Å². The summed E-state index contributed by atoms with van der Waals surface area (Å²) in [7, 11) is 0. The van der Waals surface area contributed by atoms with E-state index in [-0.39, 0.29) is 18.0 Å². The van der Waals surface area contributed by atoms with Gasteiger partial charge < -0.3 is 19.9 Å². The molecule has 25 heavy (non-hydrogen) atoms. The number of aromatic nitrogens is 1. The van der Waals surface area contributed by atoms with Crippen LogP contribution in [0.25, 0.3) is 0 Å². The van der Waals surface area contributed by atoms with Crippen molar-refractivity contribution in [2.45, 2.75) is 44.8 Å². The molecule has 2 saturated heterocycles. The molecule has 2 fully saturated rings. The molecule has 1 aromatic rings. The normalized spacial score (nSPS) is 22.9. The van der Waals surface area contributed by atoms with E-state index in [1.807, 2.05) is 24.0 Å². The molecule has 0 aliphatic carbocycles. The highest BCUT2D eigenvalue weighted by Crippen LogP contribution is 2.25. The average molecular weight is 346 g/mol. The first-order chi connectivity index (χ1) is 12.2. The highest BCUT2D eigenvalue weighted by atomic mass is 16.5. The molecule has 2 aliphatic heterocycles. The van der Waals surface area contributed by atoms with Gasteiger partial charge in [-0.15, -0.1) is 0 Å². The van der Waals surface area contributed by atoms with E-state index in [0.717, 1.165) is 32.4 Å². The summed E-state index contributed by atoms with van der Waals surface area (Å²) in [6.07, 6.45) is 6.59. The standard InChI is InChI=1S/C18H26N4O3/c1-2-7-20-18(24)22-13-15(25-14-6-5-8-19-12-14)11-16(22)17(23)21-9-3-4-10-21/h5-6,8,12,15-16H,2-4,7,9-11,13H2,1H3,(H,20,24)/t15-,16-/m0/s1. The van der Waals surface area contributed by atoms with Gasteiger partial charge in [0.15, 0.2) is 0 Å². The van der Waals surface area contributed by atoms with Gasteiger partial charge in [-0.2, -0.15) is 0 Å². The Kier molecular flexibility index (Phi) is 5.73. The number of pyridine rings is 1. The first-order valence-electron chi connectivity index (χ1n) is 9.09. The van der Waals surface area contributed by atoms with Crippen LogP contribution in [0.3, 0.4) is 0 Å². The van der Waals surface area contributed by atoms with E-state index in [0.29, 0.717) is 25.3 Å². The second-order valence-electron chi connectivity index (χ2n) is 6.60. The smallest absolute Gasteiger partial charge is 0.318 e. The third-order valence-corrected chi connectivity index (χ3v) is 4.69. The molecule has 0 spiro atoms. The van der Waals surface area contributed by atoms with Crippen molar-refractivity contribution >= 4 is 11.9 Å². The topological polar surface area (TPSA) is 74.8 Å². The average Bonchev–Trinajstić information content (AvgIpc) is 3.30. The predicted molar refractivity (Wildman–Crippen MR) is 93.3 cm³/mol. The van der Waals surface area contributed by atoms with Crippen LogP contribution >= 0.6 is 0 Å². The van der Waals surface area contributed by atoms with Gasteiger partial charge in [0.05, 0.1) is 12.7 Å². The summed E-state index contributed by atoms with van der Waals surface area (Å²) in [6, 6.07) is 3.01. The molecule has 2 atom stereocenters. The Morgan fingerprint density at radius 3 is 2.84 bits per heavy atom. The number of hydrogen-bond donors (Lipinski definition) is 1. The van der Waals surface area contributed by atoms with Crippen LogP contribution in [0.5, 0.6) is 5.75 Å². The molecule has 1 aromatic heterocycles. The Hall–Kier alpha value is -2.31. The highest BCUT2D eigenvalue weighted by Gasteiger charge is 2.42. The Balaban J connectivity index is 1.70. The minimum Gasteiger partial charge on any atom is -0.487 e. The van der Waals surface area contributed by atoms with E-state index in [4.69, 9.17) is 4.74 Å². The van der Waals surface area contributed by atoms with Gasteiger partial charge in [-0.1, -0.05) is 6.92 Å². The van der Waals surface area contributed by atoms with Crippen molar-refractivity contribution in [2.24, 2.45) is 0 Å². The fourth-order valence-electron chi connectivity index (χ4n) is 3.43. The zero-order chi connectivity index (χ0) is 17.6. The van der Waals surface area contributed by atoms with Gasteiger partial charge in [-0.05, 0) is 31.4 Å². The van der Waals surface area contributed by atoms with Gasteiger partial charge >= 0.3 is 6.03 Å². The van der Waals surface area contributed by atoms with Crippen molar-refractivity contribution in [2.75, 3.05) is 26.2 Å². The van der Waals surface area contributed by atoms with Crippen LogP contribution in [-0.2, 0) is 4.79 Å². The van der Waals surface area contributed by atoms with Crippen molar-refractivity contribution in [1.82, 2.24) is 20.1 Å². The second kappa shape index (κ2) is 8.18. The second-order valence-corrected chi connectivity index (χ2v) is 6.60. The van der Waals surface area contributed by atoms with Gasteiger partial charge in [-0.3, -0.25) is 9.78 Å². The molecule has 1 N–H and O–H groups in total. The maximum Gasteiger partial charge on any atom is 0.318 e. The van der Waals surface area contributed by atoms with Crippen molar-refractivity contribution in [1.29, 1.82) is 0 Å². The third-order valence-electron chi connectivity index (χ3n) is 4.69. The Labute approximate surface area is 148 Å². The zero-order valence-corrected chi connectivity index (χ0v) is 14.7. The fourth-order valence-corrected chi connectivity index (χ4v) is 3.43. The molecule has 3 amide bonds. The van der Waals surface area contributed by atoms with Gasteiger partial charge in [-0.25, -0.2) is 4.79 Å². The van der Waals surface area contributed by atoms with E-state index in [1.165, 1.54) is 0 Å². The molecule has 7 heteroatoms. The van der Waals surface area contributed by atoms with Crippen molar-refractivity contribution in [3.8, 4) is 5.75 Å². The lowest BCUT2D eigenvalue weighted by Crippen LogP contribution is -2.50. The number of urea groups is 1. The van der Waals surface area contributed by atoms with E-state index in [9.17, 15) is 9.59 Å². The lowest BCUT2D eigenvalue weighted by molar-refractivity contribution is -0.134. The summed E-state index contributed by atoms with van der Waals surface area (Å²) in [6.45, 7) is 4.59. The van der Waals surface area contributed by atoms with Crippen LogP contribution in [0.15, 0.2) is 24.5 Å². The van der Waals surface area contributed by atoms with Crippen LogP contribution in [0.1, 0.15) is 32.6 Å². The first-order valence-corrected chi connectivity index (χ1v) is 9.09. The molecule has 2 aliphatic rings. The van der Waals surface area contributed by atoms with Crippen molar-refractivity contribution in [3.63, 3.8) is 0 Å². The summed E-state index contributed by atoms with van der Waals surface area (Å²) < 4.78 is 5.95. The third kappa shape index (κ3) is 4.21.